The molecule has 4 nitrogen and oxygen atoms in total. The third kappa shape index (κ3) is 2.08. The molecule has 1 fully saturated rings. The lowest BCUT2D eigenvalue weighted by atomic mass is 9.89. The van der Waals surface area contributed by atoms with Gasteiger partial charge in [0.15, 0.2) is 11.6 Å². The van der Waals surface area contributed by atoms with Crippen LogP contribution < -0.4 is 10.6 Å². The fourth-order valence-corrected chi connectivity index (χ4v) is 2.05. The second-order valence-corrected chi connectivity index (χ2v) is 4.59. The fourth-order valence-electron chi connectivity index (χ4n) is 2.05. The van der Waals surface area contributed by atoms with E-state index in [0.717, 1.165) is 25.7 Å². The Morgan fingerprint density at radius 2 is 2.19 bits per heavy atom. The first kappa shape index (κ1) is 11.1. The van der Waals surface area contributed by atoms with Crippen molar-refractivity contribution in [1.29, 1.82) is 0 Å². The van der Waals surface area contributed by atoms with E-state index >= 15 is 0 Å². The highest BCUT2D eigenvalue weighted by Crippen LogP contribution is 2.27. The van der Waals surface area contributed by atoms with Gasteiger partial charge in [-0.2, -0.15) is 4.98 Å². The number of nitrogens with zero attached hydrogens (tertiary/aromatic N) is 3. The lowest BCUT2D eigenvalue weighted by Gasteiger charge is -2.36. The SMILES string of the molecule is CC1CCN(c2nc(N)ncc2F)CC1C. The zero-order valence-corrected chi connectivity index (χ0v) is 9.65. The van der Waals surface area contributed by atoms with Crippen molar-refractivity contribution in [2.24, 2.45) is 11.8 Å². The van der Waals surface area contributed by atoms with Gasteiger partial charge < -0.3 is 10.6 Å². The largest absolute Gasteiger partial charge is 0.368 e. The van der Waals surface area contributed by atoms with Crippen molar-refractivity contribution in [2.45, 2.75) is 20.3 Å². The molecule has 0 radical (unpaired) electrons. The van der Waals surface area contributed by atoms with Gasteiger partial charge in [-0.1, -0.05) is 13.8 Å². The van der Waals surface area contributed by atoms with Crippen molar-refractivity contribution in [3.05, 3.63) is 12.0 Å². The van der Waals surface area contributed by atoms with Crippen molar-refractivity contribution in [2.75, 3.05) is 23.7 Å². The predicted octanol–water partition coefficient (Wildman–Crippen LogP) is 1.68. The molecule has 1 aliphatic rings. The van der Waals surface area contributed by atoms with Gasteiger partial charge >= 0.3 is 0 Å². The summed E-state index contributed by atoms with van der Waals surface area (Å²) in [6, 6.07) is 0. The van der Waals surface area contributed by atoms with Crippen LogP contribution in [0, 0.1) is 17.7 Å². The lowest BCUT2D eigenvalue weighted by molar-refractivity contribution is 0.321. The molecule has 2 rings (SSSR count). The summed E-state index contributed by atoms with van der Waals surface area (Å²) in [5.74, 6) is 1.30. The number of halogens is 1. The summed E-state index contributed by atoms with van der Waals surface area (Å²) >= 11 is 0. The molecule has 2 unspecified atom stereocenters. The number of hydrogen-bond acceptors (Lipinski definition) is 4. The van der Waals surface area contributed by atoms with Crippen molar-refractivity contribution in [3.63, 3.8) is 0 Å². The van der Waals surface area contributed by atoms with E-state index in [2.05, 4.69) is 23.8 Å². The van der Waals surface area contributed by atoms with Crippen LogP contribution in [0.1, 0.15) is 20.3 Å². The minimum atomic E-state index is -0.393. The molecule has 5 heteroatoms. The standard InChI is InChI=1S/C11H17FN4/c1-7-3-4-16(6-8(7)2)10-9(12)5-14-11(13)15-10/h5,7-8H,3-4,6H2,1-2H3,(H2,13,14,15). The molecule has 2 heterocycles. The molecule has 1 aromatic rings. The normalized spacial score (nSPS) is 25.8. The van der Waals surface area contributed by atoms with Crippen LogP contribution >= 0.6 is 0 Å². The minimum Gasteiger partial charge on any atom is -0.368 e. The Bertz CT molecular complexity index is 382. The first-order chi connectivity index (χ1) is 7.58. The van der Waals surface area contributed by atoms with Gasteiger partial charge in [-0.25, -0.2) is 9.37 Å². The minimum absolute atomic E-state index is 0.127. The van der Waals surface area contributed by atoms with Crippen molar-refractivity contribution in [3.8, 4) is 0 Å². The maximum atomic E-state index is 13.6. The maximum Gasteiger partial charge on any atom is 0.222 e. The van der Waals surface area contributed by atoms with Crippen LogP contribution in [0.25, 0.3) is 0 Å². The third-order valence-corrected chi connectivity index (χ3v) is 3.38. The van der Waals surface area contributed by atoms with E-state index in [0.29, 0.717) is 17.7 Å². The summed E-state index contributed by atoms with van der Waals surface area (Å²) in [6.07, 6.45) is 2.20. The van der Waals surface area contributed by atoms with E-state index in [1.54, 1.807) is 0 Å². The lowest BCUT2D eigenvalue weighted by Crippen LogP contribution is -2.39. The molecule has 0 aromatic carbocycles. The molecular weight excluding hydrogens is 207 g/mol. The summed E-state index contributed by atoms with van der Waals surface area (Å²) in [5.41, 5.74) is 5.48. The Labute approximate surface area is 94.7 Å². The Kier molecular flexibility index (Phi) is 2.94. The molecule has 2 atom stereocenters. The molecular formula is C11H17FN4. The van der Waals surface area contributed by atoms with Gasteiger partial charge in [0.1, 0.15) is 0 Å². The van der Waals surface area contributed by atoms with Crippen LogP contribution in [0.2, 0.25) is 0 Å². The zero-order chi connectivity index (χ0) is 11.7. The summed E-state index contributed by atoms with van der Waals surface area (Å²) in [6.45, 7) is 6.07. The fraction of sp³-hybridized carbons (Fsp3) is 0.636. The van der Waals surface area contributed by atoms with E-state index in [1.807, 2.05) is 4.90 Å². The zero-order valence-electron chi connectivity index (χ0n) is 9.65. The number of aromatic nitrogens is 2. The van der Waals surface area contributed by atoms with E-state index in [-0.39, 0.29) is 5.95 Å². The number of nitrogens with two attached hydrogens (primary N) is 1. The summed E-state index contributed by atoms with van der Waals surface area (Å²) in [7, 11) is 0. The van der Waals surface area contributed by atoms with Gasteiger partial charge in [-0.05, 0) is 18.3 Å². The second kappa shape index (κ2) is 4.23. The quantitative estimate of drug-likeness (QED) is 0.788. The van der Waals surface area contributed by atoms with Gasteiger partial charge in [-0.3, -0.25) is 0 Å². The molecule has 0 aliphatic carbocycles. The van der Waals surface area contributed by atoms with E-state index in [4.69, 9.17) is 5.73 Å². The van der Waals surface area contributed by atoms with E-state index in [9.17, 15) is 4.39 Å². The van der Waals surface area contributed by atoms with Crippen molar-refractivity contribution >= 4 is 11.8 Å². The molecule has 0 saturated carbocycles. The average Bonchev–Trinajstić information content (AvgIpc) is 2.26. The van der Waals surface area contributed by atoms with E-state index in [1.165, 1.54) is 0 Å². The highest BCUT2D eigenvalue weighted by molar-refractivity contribution is 5.43. The van der Waals surface area contributed by atoms with Crippen molar-refractivity contribution in [1.82, 2.24) is 9.97 Å². The Morgan fingerprint density at radius 3 is 2.88 bits per heavy atom. The summed E-state index contributed by atoms with van der Waals surface area (Å²) < 4.78 is 13.6. The van der Waals surface area contributed by atoms with Crippen LogP contribution in [0.5, 0.6) is 0 Å². The van der Waals surface area contributed by atoms with Gasteiger partial charge in [0, 0.05) is 13.1 Å². The number of nitrogen functional groups attached to an aromatic ring is 1. The molecule has 1 aromatic heterocycles. The summed E-state index contributed by atoms with van der Waals surface area (Å²) in [4.78, 5) is 9.56. The first-order valence-electron chi connectivity index (χ1n) is 5.61. The number of rotatable bonds is 1. The average molecular weight is 224 g/mol. The Hall–Kier alpha value is -1.39. The molecule has 2 N–H and O–H groups in total. The van der Waals surface area contributed by atoms with Crippen LogP contribution in [0.4, 0.5) is 16.2 Å². The first-order valence-corrected chi connectivity index (χ1v) is 5.61. The van der Waals surface area contributed by atoms with Crippen LogP contribution in [-0.4, -0.2) is 23.1 Å². The number of anilines is 2. The van der Waals surface area contributed by atoms with Crippen molar-refractivity contribution < 1.29 is 4.39 Å². The van der Waals surface area contributed by atoms with Gasteiger partial charge in [0.05, 0.1) is 6.20 Å². The monoisotopic (exact) mass is 224 g/mol. The Balaban J connectivity index is 2.21. The Morgan fingerprint density at radius 1 is 1.44 bits per heavy atom. The third-order valence-electron chi connectivity index (χ3n) is 3.38. The molecule has 1 aliphatic heterocycles. The molecule has 0 amide bonds. The smallest absolute Gasteiger partial charge is 0.222 e. The number of piperidine rings is 1. The molecule has 1 saturated heterocycles. The predicted molar refractivity (Wildman–Crippen MR) is 61.6 cm³/mol. The molecule has 88 valence electrons. The van der Waals surface area contributed by atoms with Gasteiger partial charge in [0.25, 0.3) is 0 Å². The summed E-state index contributed by atoms with van der Waals surface area (Å²) in [5, 5.41) is 0. The topological polar surface area (TPSA) is 55.0 Å². The van der Waals surface area contributed by atoms with E-state index < -0.39 is 5.82 Å². The molecule has 16 heavy (non-hydrogen) atoms. The molecule has 0 spiro atoms. The molecule has 0 bridgehead atoms. The van der Waals surface area contributed by atoms with Gasteiger partial charge in [0.2, 0.25) is 5.95 Å². The van der Waals surface area contributed by atoms with Gasteiger partial charge in [-0.15, -0.1) is 0 Å². The van der Waals surface area contributed by atoms with Crippen LogP contribution in [0.3, 0.4) is 0 Å². The highest BCUT2D eigenvalue weighted by atomic mass is 19.1. The van der Waals surface area contributed by atoms with Crippen LogP contribution in [0.15, 0.2) is 6.20 Å². The highest BCUT2D eigenvalue weighted by Gasteiger charge is 2.25. The van der Waals surface area contributed by atoms with Crippen LogP contribution in [-0.2, 0) is 0 Å². The number of hydrogen-bond donors (Lipinski definition) is 1. The maximum absolute atomic E-state index is 13.6. The second-order valence-electron chi connectivity index (χ2n) is 4.59.